The molecule has 12 nitrogen and oxygen atoms in total. The molecule has 1 amide bonds. The molecule has 1 saturated heterocycles. The first kappa shape index (κ1) is 25.9. The van der Waals surface area contributed by atoms with Gasteiger partial charge in [0.1, 0.15) is 23.8 Å². The molecule has 3 aromatic carbocycles. The molecule has 3 aromatic rings. The van der Waals surface area contributed by atoms with Crippen molar-refractivity contribution in [3.8, 4) is 5.75 Å². The highest BCUT2D eigenvalue weighted by Gasteiger charge is 2.55. The van der Waals surface area contributed by atoms with E-state index in [0.29, 0.717) is 17.0 Å². The molecule has 3 unspecified atom stereocenters. The number of Topliss-reactive ketones (excluding diaryl/α,β-unsaturated/α-hetero) is 1. The van der Waals surface area contributed by atoms with Crippen molar-refractivity contribution in [1.29, 1.82) is 0 Å². The summed E-state index contributed by atoms with van der Waals surface area (Å²) in [6.45, 7) is 1.42. The van der Waals surface area contributed by atoms with Crippen LogP contribution in [0.4, 0.5) is 17.1 Å². The second-order valence-electron chi connectivity index (χ2n) is 8.47. The molecule has 194 valence electrons. The molecule has 38 heavy (non-hydrogen) atoms. The topological polar surface area (TPSA) is 159 Å². The van der Waals surface area contributed by atoms with Gasteiger partial charge in [0.05, 0.1) is 28.6 Å². The molecule has 0 radical (unpaired) electrons. The highest BCUT2D eigenvalue weighted by Crippen LogP contribution is 2.38. The number of nitro groups is 2. The van der Waals surface area contributed by atoms with Crippen LogP contribution in [-0.4, -0.2) is 46.8 Å². The van der Waals surface area contributed by atoms with Crippen LogP contribution < -0.4 is 9.64 Å². The smallest absolute Gasteiger partial charge is 0.338 e. The van der Waals surface area contributed by atoms with Crippen LogP contribution in [0.2, 0.25) is 0 Å². The Morgan fingerprint density at radius 2 is 1.47 bits per heavy atom. The average molecular weight is 519 g/mol. The lowest BCUT2D eigenvalue weighted by Crippen LogP contribution is -2.68. The van der Waals surface area contributed by atoms with E-state index in [1.807, 2.05) is 0 Å². The number of carbonyl (C=O) groups is 3. The number of hydrogen-bond donors (Lipinski definition) is 0. The fraction of sp³-hybridized carbons (Fsp3) is 0.192. The number of ketones is 1. The molecule has 12 heteroatoms. The third-order valence-corrected chi connectivity index (χ3v) is 6.18. The van der Waals surface area contributed by atoms with Crippen LogP contribution in [0.25, 0.3) is 0 Å². The number of non-ortho nitro benzene ring substituents is 2. The maximum absolute atomic E-state index is 13.5. The van der Waals surface area contributed by atoms with Crippen LogP contribution in [0.1, 0.15) is 27.6 Å². The van der Waals surface area contributed by atoms with Crippen molar-refractivity contribution in [2.45, 2.75) is 19.1 Å². The van der Waals surface area contributed by atoms with Gasteiger partial charge >= 0.3 is 5.97 Å². The Kier molecular flexibility index (Phi) is 7.15. The molecular formula is C26H21N3O9. The van der Waals surface area contributed by atoms with Crippen molar-refractivity contribution in [3.63, 3.8) is 0 Å². The summed E-state index contributed by atoms with van der Waals surface area (Å²) in [4.78, 5) is 61.5. The van der Waals surface area contributed by atoms with Gasteiger partial charge in [-0.3, -0.25) is 29.8 Å². The van der Waals surface area contributed by atoms with Crippen LogP contribution >= 0.6 is 0 Å². The van der Waals surface area contributed by atoms with Crippen molar-refractivity contribution in [2.24, 2.45) is 5.92 Å². The summed E-state index contributed by atoms with van der Waals surface area (Å²) in [5.41, 5.74) is -0.972. The quantitative estimate of drug-likeness (QED) is 0.134. The van der Waals surface area contributed by atoms with Gasteiger partial charge in [-0.25, -0.2) is 4.79 Å². The molecule has 0 bridgehead atoms. The summed E-state index contributed by atoms with van der Waals surface area (Å²) in [7, 11) is 1.49. The van der Waals surface area contributed by atoms with E-state index in [1.165, 1.54) is 18.9 Å². The molecule has 0 spiro atoms. The van der Waals surface area contributed by atoms with Gasteiger partial charge in [0.25, 0.3) is 11.4 Å². The zero-order valence-corrected chi connectivity index (χ0v) is 20.2. The van der Waals surface area contributed by atoms with E-state index in [9.17, 15) is 34.6 Å². The molecule has 1 aliphatic heterocycles. The number of ether oxygens (including phenoxy) is 2. The van der Waals surface area contributed by atoms with E-state index >= 15 is 0 Å². The van der Waals surface area contributed by atoms with E-state index in [2.05, 4.69) is 0 Å². The van der Waals surface area contributed by atoms with Crippen molar-refractivity contribution in [2.75, 3.05) is 12.0 Å². The normalized spacial score (nSPS) is 17.2. The third kappa shape index (κ3) is 4.91. The van der Waals surface area contributed by atoms with Crippen LogP contribution in [0.5, 0.6) is 5.75 Å². The molecule has 0 aromatic heterocycles. The number of hydrogen-bond acceptors (Lipinski definition) is 9. The molecule has 1 heterocycles. The molecular weight excluding hydrogens is 498 g/mol. The third-order valence-electron chi connectivity index (χ3n) is 6.18. The minimum Gasteiger partial charge on any atom is -0.497 e. The molecule has 0 aliphatic carbocycles. The average Bonchev–Trinajstić information content (AvgIpc) is 2.91. The van der Waals surface area contributed by atoms with Crippen LogP contribution in [0.3, 0.4) is 0 Å². The highest BCUT2D eigenvalue weighted by atomic mass is 16.6. The number of methoxy groups -OCH3 is 1. The number of rotatable bonds is 9. The first-order valence-electron chi connectivity index (χ1n) is 11.3. The molecule has 3 atom stereocenters. The van der Waals surface area contributed by atoms with Crippen LogP contribution in [0.15, 0.2) is 72.8 Å². The predicted octanol–water partition coefficient (Wildman–Crippen LogP) is 3.97. The summed E-state index contributed by atoms with van der Waals surface area (Å²) in [5, 5.41) is 22.4. The molecule has 1 aliphatic rings. The standard InChI is InChI=1S/C26H21N3O9/c1-15(38-26(32)17-12-19(28(33)34)14-20(13-17)29(35)36)22-23(24(30)16-6-4-3-5-7-16)27(25(22)31)18-8-10-21(37-2)11-9-18/h3-15,22-23H,1-2H3. The van der Waals surface area contributed by atoms with E-state index in [-0.39, 0.29) is 5.78 Å². The van der Waals surface area contributed by atoms with Crippen molar-refractivity contribution < 1.29 is 33.7 Å². The number of nitro benzene ring substituents is 2. The summed E-state index contributed by atoms with van der Waals surface area (Å²) < 4.78 is 10.6. The number of nitrogens with zero attached hydrogens (tertiary/aromatic N) is 3. The second kappa shape index (κ2) is 10.5. The Morgan fingerprint density at radius 3 is 2.00 bits per heavy atom. The second-order valence-corrected chi connectivity index (χ2v) is 8.47. The van der Waals surface area contributed by atoms with Gasteiger partial charge in [0.2, 0.25) is 5.91 Å². The Hall–Kier alpha value is -5.13. The van der Waals surface area contributed by atoms with Crippen LogP contribution in [-0.2, 0) is 9.53 Å². The first-order chi connectivity index (χ1) is 18.1. The van der Waals surface area contributed by atoms with Crippen molar-refractivity contribution in [3.05, 3.63) is 104 Å². The SMILES string of the molecule is COc1ccc(N2C(=O)C(C(C)OC(=O)c3cc([N+](=O)[O-])cc([N+](=O)[O-])c3)C2C(=O)c2ccccc2)cc1. The monoisotopic (exact) mass is 519 g/mol. The van der Waals surface area contributed by atoms with Gasteiger partial charge in [0.15, 0.2) is 5.78 Å². The fourth-order valence-corrected chi connectivity index (χ4v) is 4.29. The summed E-state index contributed by atoms with van der Waals surface area (Å²) in [6.07, 6.45) is -1.14. The van der Waals surface area contributed by atoms with Crippen molar-refractivity contribution in [1.82, 2.24) is 0 Å². The van der Waals surface area contributed by atoms with Gasteiger partial charge in [-0.2, -0.15) is 0 Å². The van der Waals surface area contributed by atoms with E-state index in [1.54, 1.807) is 54.6 Å². The largest absolute Gasteiger partial charge is 0.497 e. The van der Waals surface area contributed by atoms with Gasteiger partial charge in [-0.1, -0.05) is 30.3 Å². The number of carbonyl (C=O) groups excluding carboxylic acids is 3. The zero-order chi connectivity index (χ0) is 27.6. The molecule has 0 N–H and O–H groups in total. The highest BCUT2D eigenvalue weighted by molar-refractivity contribution is 6.17. The number of anilines is 1. The van der Waals surface area contributed by atoms with Gasteiger partial charge in [-0.15, -0.1) is 0 Å². The molecule has 4 rings (SSSR count). The predicted molar refractivity (Wildman–Crippen MR) is 133 cm³/mol. The van der Waals surface area contributed by atoms with Gasteiger partial charge < -0.3 is 14.4 Å². The van der Waals surface area contributed by atoms with E-state index < -0.39 is 56.7 Å². The number of β-lactam (4-membered cyclic amide) rings is 1. The Labute approximate surface area is 215 Å². The van der Waals surface area contributed by atoms with E-state index in [0.717, 1.165) is 18.2 Å². The summed E-state index contributed by atoms with van der Waals surface area (Å²) >= 11 is 0. The number of esters is 1. The Balaban J connectivity index is 1.63. The van der Waals surface area contributed by atoms with Crippen LogP contribution in [0, 0.1) is 26.1 Å². The zero-order valence-electron chi connectivity index (χ0n) is 20.2. The maximum atomic E-state index is 13.5. The summed E-state index contributed by atoms with van der Waals surface area (Å²) in [6, 6.07) is 16.2. The first-order valence-corrected chi connectivity index (χ1v) is 11.3. The summed E-state index contributed by atoms with van der Waals surface area (Å²) in [5.74, 6) is -2.47. The Bertz CT molecular complexity index is 1390. The molecule has 1 fully saturated rings. The lowest BCUT2D eigenvalue weighted by atomic mass is 9.78. The lowest BCUT2D eigenvalue weighted by Gasteiger charge is -2.47. The minimum absolute atomic E-state index is 0.348. The van der Waals surface area contributed by atoms with E-state index in [4.69, 9.17) is 9.47 Å². The Morgan fingerprint density at radius 1 is 0.895 bits per heavy atom. The number of benzene rings is 3. The lowest BCUT2D eigenvalue weighted by molar-refractivity contribution is -0.394. The van der Waals surface area contributed by atoms with Gasteiger partial charge in [0, 0.05) is 23.4 Å². The van der Waals surface area contributed by atoms with Crippen molar-refractivity contribution >= 4 is 34.7 Å². The molecule has 0 saturated carbocycles. The number of amides is 1. The minimum atomic E-state index is -1.14. The fourth-order valence-electron chi connectivity index (χ4n) is 4.29. The maximum Gasteiger partial charge on any atom is 0.338 e. The van der Waals surface area contributed by atoms with Gasteiger partial charge in [-0.05, 0) is 31.2 Å².